The Kier molecular flexibility index (Phi) is 6.42. The van der Waals surface area contributed by atoms with Crippen molar-refractivity contribution in [1.29, 1.82) is 0 Å². The largest absolute Gasteiger partial charge is 0.354 e. The Hall–Kier alpha value is -2.44. The van der Waals surface area contributed by atoms with Gasteiger partial charge in [0.15, 0.2) is 5.13 Å². The average molecular weight is 401 g/mol. The Bertz CT molecular complexity index is 893. The summed E-state index contributed by atoms with van der Waals surface area (Å²) in [5.74, 6) is 0.0141. The van der Waals surface area contributed by atoms with Gasteiger partial charge < -0.3 is 10.6 Å². The lowest BCUT2D eigenvalue weighted by Gasteiger charge is -2.12. The van der Waals surface area contributed by atoms with Crippen LogP contribution < -0.4 is 10.6 Å². The van der Waals surface area contributed by atoms with Crippen LogP contribution in [0, 0.1) is 0 Å². The zero-order valence-electron chi connectivity index (χ0n) is 15.2. The topological polar surface area (TPSA) is 66.9 Å². The van der Waals surface area contributed by atoms with Crippen LogP contribution in [0.15, 0.2) is 48.0 Å². The van der Waals surface area contributed by atoms with Crippen molar-refractivity contribution >= 4 is 39.7 Å². The molecule has 0 aliphatic rings. The van der Waals surface area contributed by atoms with Crippen LogP contribution in [0.2, 0.25) is 5.15 Å². The maximum atomic E-state index is 11.1. The molecular formula is C20H21ClN4OS. The summed E-state index contributed by atoms with van der Waals surface area (Å²) in [5.41, 5.74) is 4.11. The Labute approximate surface area is 167 Å². The van der Waals surface area contributed by atoms with Crippen molar-refractivity contribution in [3.05, 3.63) is 58.7 Å². The standard InChI is InChI=1S/C20H21ClN4OS/c1-13(23-14(2)26)3-4-15-5-7-16(8-6-15)18-12-27-20(25-18)24-17-9-10-19(21)22-11-17/h5-13H,3-4H2,1-2H3,(H,23,26)(H,24,25). The molecule has 140 valence electrons. The molecule has 5 nitrogen and oxygen atoms in total. The van der Waals surface area contributed by atoms with Crippen molar-refractivity contribution in [2.45, 2.75) is 32.7 Å². The van der Waals surface area contributed by atoms with E-state index in [9.17, 15) is 4.79 Å². The zero-order chi connectivity index (χ0) is 19.2. The van der Waals surface area contributed by atoms with E-state index in [0.29, 0.717) is 5.15 Å². The number of nitrogens with zero attached hydrogens (tertiary/aromatic N) is 2. The van der Waals surface area contributed by atoms with Crippen LogP contribution in [0.1, 0.15) is 25.8 Å². The quantitative estimate of drug-likeness (QED) is 0.544. The molecule has 2 heterocycles. The van der Waals surface area contributed by atoms with Crippen LogP contribution in [0.5, 0.6) is 0 Å². The number of anilines is 2. The highest BCUT2D eigenvalue weighted by Crippen LogP contribution is 2.27. The number of halogens is 1. The first-order valence-electron chi connectivity index (χ1n) is 8.70. The molecule has 0 aliphatic carbocycles. The van der Waals surface area contributed by atoms with Gasteiger partial charge in [0.25, 0.3) is 0 Å². The molecule has 1 unspecified atom stereocenters. The van der Waals surface area contributed by atoms with E-state index in [1.54, 1.807) is 30.5 Å². The van der Waals surface area contributed by atoms with Crippen LogP contribution in [-0.2, 0) is 11.2 Å². The number of aryl methyl sites for hydroxylation is 1. The number of hydrogen-bond acceptors (Lipinski definition) is 5. The first-order valence-corrected chi connectivity index (χ1v) is 9.96. The van der Waals surface area contributed by atoms with Gasteiger partial charge in [-0.2, -0.15) is 0 Å². The van der Waals surface area contributed by atoms with E-state index >= 15 is 0 Å². The Morgan fingerprint density at radius 1 is 1.22 bits per heavy atom. The van der Waals surface area contributed by atoms with Crippen molar-refractivity contribution in [1.82, 2.24) is 15.3 Å². The minimum Gasteiger partial charge on any atom is -0.354 e. The third-order valence-electron chi connectivity index (χ3n) is 4.05. The van der Waals surface area contributed by atoms with Gasteiger partial charge in [0.1, 0.15) is 5.15 Å². The number of thiazole rings is 1. The van der Waals surface area contributed by atoms with Crippen LogP contribution in [-0.4, -0.2) is 21.9 Å². The molecule has 7 heteroatoms. The number of amides is 1. The summed E-state index contributed by atoms with van der Waals surface area (Å²) in [5, 5.41) is 9.44. The maximum Gasteiger partial charge on any atom is 0.217 e. The van der Waals surface area contributed by atoms with Crippen molar-refractivity contribution in [3.8, 4) is 11.3 Å². The summed E-state index contributed by atoms with van der Waals surface area (Å²) in [6, 6.07) is 12.2. The van der Waals surface area contributed by atoms with Crippen molar-refractivity contribution in [2.75, 3.05) is 5.32 Å². The number of rotatable bonds is 7. The predicted octanol–water partition coefficient (Wildman–Crippen LogP) is 5.06. The minimum absolute atomic E-state index is 0.0141. The van der Waals surface area contributed by atoms with Crippen molar-refractivity contribution in [3.63, 3.8) is 0 Å². The minimum atomic E-state index is 0.0141. The fourth-order valence-electron chi connectivity index (χ4n) is 2.68. The maximum absolute atomic E-state index is 11.1. The molecule has 0 saturated heterocycles. The average Bonchev–Trinajstić information content (AvgIpc) is 3.10. The molecule has 0 bridgehead atoms. The first-order chi connectivity index (χ1) is 13.0. The first kappa shape index (κ1) is 19.3. The highest BCUT2D eigenvalue weighted by Gasteiger charge is 2.07. The van der Waals surface area contributed by atoms with E-state index in [-0.39, 0.29) is 11.9 Å². The van der Waals surface area contributed by atoms with E-state index in [1.807, 2.05) is 18.4 Å². The van der Waals surface area contributed by atoms with E-state index in [2.05, 4.69) is 44.9 Å². The summed E-state index contributed by atoms with van der Waals surface area (Å²) in [6.45, 7) is 3.57. The molecule has 3 rings (SSSR count). The van der Waals surface area contributed by atoms with Crippen LogP contribution in [0.25, 0.3) is 11.3 Å². The molecular weight excluding hydrogens is 380 g/mol. The van der Waals surface area contributed by atoms with Gasteiger partial charge in [-0.3, -0.25) is 4.79 Å². The second-order valence-corrected chi connectivity index (χ2v) is 7.62. The van der Waals surface area contributed by atoms with Crippen LogP contribution >= 0.6 is 22.9 Å². The zero-order valence-corrected chi connectivity index (χ0v) is 16.8. The normalized spacial score (nSPS) is 11.8. The van der Waals surface area contributed by atoms with Gasteiger partial charge in [-0.15, -0.1) is 11.3 Å². The monoisotopic (exact) mass is 400 g/mol. The van der Waals surface area contributed by atoms with E-state index in [1.165, 1.54) is 5.56 Å². The lowest BCUT2D eigenvalue weighted by Crippen LogP contribution is -2.30. The lowest BCUT2D eigenvalue weighted by molar-refractivity contribution is -0.119. The molecule has 0 aliphatic heterocycles. The fourth-order valence-corrected chi connectivity index (χ4v) is 3.53. The van der Waals surface area contributed by atoms with Gasteiger partial charge >= 0.3 is 0 Å². The van der Waals surface area contributed by atoms with Gasteiger partial charge in [0.05, 0.1) is 17.6 Å². The molecule has 27 heavy (non-hydrogen) atoms. The number of hydrogen-bond donors (Lipinski definition) is 2. The fraction of sp³-hybridized carbons (Fsp3) is 0.250. The number of nitrogens with one attached hydrogen (secondary N) is 2. The molecule has 1 aromatic carbocycles. The van der Waals surface area contributed by atoms with E-state index in [0.717, 1.165) is 34.9 Å². The summed E-state index contributed by atoms with van der Waals surface area (Å²) < 4.78 is 0. The smallest absolute Gasteiger partial charge is 0.217 e. The van der Waals surface area contributed by atoms with Gasteiger partial charge in [0.2, 0.25) is 5.91 Å². The summed E-state index contributed by atoms with van der Waals surface area (Å²) in [7, 11) is 0. The molecule has 0 saturated carbocycles. The Balaban J connectivity index is 1.59. The number of carbonyl (C=O) groups excluding carboxylic acids is 1. The molecule has 2 aromatic heterocycles. The lowest BCUT2D eigenvalue weighted by atomic mass is 10.0. The van der Waals surface area contributed by atoms with Gasteiger partial charge in [0, 0.05) is 23.9 Å². The number of carbonyl (C=O) groups is 1. The molecule has 2 N–H and O–H groups in total. The van der Waals surface area contributed by atoms with Crippen LogP contribution in [0.3, 0.4) is 0 Å². The summed E-state index contributed by atoms with van der Waals surface area (Å²) in [4.78, 5) is 19.8. The second kappa shape index (κ2) is 8.97. The van der Waals surface area contributed by atoms with E-state index in [4.69, 9.17) is 11.6 Å². The van der Waals surface area contributed by atoms with Gasteiger partial charge in [-0.05, 0) is 37.5 Å². The molecule has 3 aromatic rings. The molecule has 0 spiro atoms. The van der Waals surface area contributed by atoms with Crippen molar-refractivity contribution < 1.29 is 4.79 Å². The molecule has 1 amide bonds. The van der Waals surface area contributed by atoms with Gasteiger partial charge in [-0.25, -0.2) is 9.97 Å². The summed E-state index contributed by atoms with van der Waals surface area (Å²) in [6.07, 6.45) is 3.52. The molecule has 0 fully saturated rings. The Morgan fingerprint density at radius 2 is 2.00 bits per heavy atom. The summed E-state index contributed by atoms with van der Waals surface area (Å²) >= 11 is 7.35. The highest BCUT2D eigenvalue weighted by molar-refractivity contribution is 7.14. The number of pyridine rings is 1. The molecule has 1 atom stereocenters. The van der Waals surface area contributed by atoms with E-state index < -0.39 is 0 Å². The van der Waals surface area contributed by atoms with Crippen LogP contribution in [0.4, 0.5) is 10.8 Å². The predicted molar refractivity (Wildman–Crippen MR) is 112 cm³/mol. The highest BCUT2D eigenvalue weighted by atomic mass is 35.5. The molecule has 0 radical (unpaired) electrons. The third-order valence-corrected chi connectivity index (χ3v) is 5.03. The SMILES string of the molecule is CC(=O)NC(C)CCc1ccc(-c2csc(Nc3ccc(Cl)nc3)n2)cc1. The number of benzene rings is 1. The number of aromatic nitrogens is 2. The second-order valence-electron chi connectivity index (χ2n) is 6.37. The third kappa shape index (κ3) is 5.77. The Morgan fingerprint density at radius 3 is 2.67 bits per heavy atom. The van der Waals surface area contributed by atoms with Crippen molar-refractivity contribution in [2.24, 2.45) is 0 Å². The van der Waals surface area contributed by atoms with Gasteiger partial charge in [-0.1, -0.05) is 35.9 Å².